The van der Waals surface area contributed by atoms with Crippen LogP contribution < -0.4 is 10.1 Å². The Labute approximate surface area is 126 Å². The molecule has 0 aliphatic carbocycles. The molecule has 0 aliphatic heterocycles. The summed E-state index contributed by atoms with van der Waals surface area (Å²) in [5.41, 5.74) is 1.01. The van der Waals surface area contributed by atoms with Gasteiger partial charge in [0.05, 0.1) is 4.53 Å². The molecule has 2 aromatic heterocycles. The van der Waals surface area contributed by atoms with E-state index in [1.807, 2.05) is 48.6 Å². The largest absolute Gasteiger partial charge is 0.291 e. The fourth-order valence-electron chi connectivity index (χ4n) is 2.03. The van der Waals surface area contributed by atoms with Gasteiger partial charge in [-0.2, -0.15) is 4.52 Å². The Bertz CT molecular complexity index is 878. The van der Waals surface area contributed by atoms with Crippen molar-refractivity contribution in [2.24, 2.45) is 0 Å². The number of nitrogens with zero attached hydrogens (tertiary/aromatic N) is 3. The normalized spacial score (nSPS) is 12.7. The minimum Gasteiger partial charge on any atom is -0.266 e. The summed E-state index contributed by atoms with van der Waals surface area (Å²) in [4.78, 5) is 17.2. The van der Waals surface area contributed by atoms with Gasteiger partial charge in [0.1, 0.15) is 0 Å². The second-order valence-corrected chi connectivity index (χ2v) is 5.69. The number of rotatable bonds is 4. The first-order valence-corrected chi connectivity index (χ1v) is 7.71. The number of thiazole rings is 1. The van der Waals surface area contributed by atoms with E-state index in [4.69, 9.17) is 0 Å². The quantitative estimate of drug-likeness (QED) is 0.742. The predicted octanol–water partition coefficient (Wildman–Crippen LogP) is 2.32. The first-order valence-electron chi connectivity index (χ1n) is 6.90. The summed E-state index contributed by atoms with van der Waals surface area (Å²) >= 11 is 1.38. The van der Waals surface area contributed by atoms with Crippen molar-refractivity contribution >= 4 is 28.4 Å². The van der Waals surface area contributed by atoms with Crippen molar-refractivity contribution in [3.63, 3.8) is 0 Å². The van der Waals surface area contributed by atoms with Gasteiger partial charge in [-0.05, 0) is 18.1 Å². The fraction of sp³-hybridized carbons (Fsp3) is 0.188. The highest BCUT2D eigenvalue weighted by molar-refractivity contribution is 7.15. The Kier molecular flexibility index (Phi) is 3.92. The Morgan fingerprint density at radius 3 is 2.81 bits per heavy atom. The van der Waals surface area contributed by atoms with Crippen LogP contribution in [-0.2, 0) is 6.42 Å². The maximum Gasteiger partial charge on any atom is 0.291 e. The van der Waals surface area contributed by atoms with Crippen LogP contribution in [0.1, 0.15) is 24.7 Å². The molecule has 106 valence electrons. The Morgan fingerprint density at radius 2 is 2.10 bits per heavy atom. The van der Waals surface area contributed by atoms with Gasteiger partial charge in [-0.25, -0.2) is 4.98 Å². The van der Waals surface area contributed by atoms with Crippen LogP contribution in [0.5, 0.6) is 0 Å². The fourth-order valence-corrected chi connectivity index (χ4v) is 2.91. The number of aromatic nitrogens is 3. The molecule has 5 heteroatoms. The summed E-state index contributed by atoms with van der Waals surface area (Å²) in [5, 5.41) is 4.25. The van der Waals surface area contributed by atoms with Gasteiger partial charge in [0, 0.05) is 6.42 Å². The smallest absolute Gasteiger partial charge is 0.266 e. The van der Waals surface area contributed by atoms with Crippen LogP contribution >= 0.6 is 11.3 Å². The second-order valence-electron chi connectivity index (χ2n) is 4.68. The lowest BCUT2D eigenvalue weighted by Gasteiger charge is -1.87. The summed E-state index contributed by atoms with van der Waals surface area (Å²) in [6.07, 6.45) is 7.45. The number of benzene rings is 1. The van der Waals surface area contributed by atoms with E-state index in [0.29, 0.717) is 9.49 Å². The molecule has 0 saturated heterocycles. The van der Waals surface area contributed by atoms with Gasteiger partial charge in [-0.15, -0.1) is 5.10 Å². The maximum absolute atomic E-state index is 12.2. The van der Waals surface area contributed by atoms with E-state index in [2.05, 4.69) is 17.0 Å². The Hall–Kier alpha value is -2.27. The molecule has 0 radical (unpaired) electrons. The van der Waals surface area contributed by atoms with E-state index in [1.165, 1.54) is 15.9 Å². The lowest BCUT2D eigenvalue weighted by molar-refractivity contribution is 0.810. The molecule has 0 saturated carbocycles. The number of hydrogen-bond acceptors (Lipinski definition) is 4. The Balaban J connectivity index is 1.92. The molecule has 2 heterocycles. The molecule has 0 N–H and O–H groups in total. The summed E-state index contributed by atoms with van der Waals surface area (Å²) in [5.74, 6) is 0.743. The lowest BCUT2D eigenvalue weighted by Crippen LogP contribution is -2.23. The van der Waals surface area contributed by atoms with Crippen molar-refractivity contribution < 1.29 is 0 Å². The van der Waals surface area contributed by atoms with Gasteiger partial charge in [-0.1, -0.05) is 60.7 Å². The number of hydrogen-bond donors (Lipinski definition) is 0. The van der Waals surface area contributed by atoms with E-state index in [9.17, 15) is 4.79 Å². The number of fused-ring (bicyclic) bond motifs is 1. The summed E-state index contributed by atoms with van der Waals surface area (Å²) < 4.78 is 2.05. The highest BCUT2D eigenvalue weighted by Crippen LogP contribution is 2.04. The average molecular weight is 297 g/mol. The molecule has 0 atom stereocenters. The summed E-state index contributed by atoms with van der Waals surface area (Å²) in [6.45, 7) is 2.07. The van der Waals surface area contributed by atoms with Gasteiger partial charge < -0.3 is 0 Å². The molecule has 0 spiro atoms. The van der Waals surface area contributed by atoms with E-state index < -0.39 is 0 Å². The number of aryl methyl sites for hydroxylation is 1. The topological polar surface area (TPSA) is 47.3 Å². The zero-order valence-electron chi connectivity index (χ0n) is 11.7. The van der Waals surface area contributed by atoms with Crippen LogP contribution in [0.15, 0.2) is 41.2 Å². The SMILES string of the molecule is CCCc1nc2s/c(=C\C=C\c3ccccc3)c(=O)n2n1. The molecular weight excluding hydrogens is 282 g/mol. The Morgan fingerprint density at radius 1 is 1.29 bits per heavy atom. The molecule has 21 heavy (non-hydrogen) atoms. The van der Waals surface area contributed by atoms with Crippen molar-refractivity contribution in [3.05, 3.63) is 62.7 Å². The molecule has 0 fully saturated rings. The van der Waals surface area contributed by atoms with E-state index in [0.717, 1.165) is 24.2 Å². The third kappa shape index (κ3) is 2.92. The molecular formula is C16H15N3OS. The molecule has 3 aromatic rings. The minimum atomic E-state index is -0.0948. The molecule has 0 aliphatic rings. The van der Waals surface area contributed by atoms with Crippen molar-refractivity contribution in [2.75, 3.05) is 0 Å². The molecule has 0 amide bonds. The molecule has 0 unspecified atom stereocenters. The van der Waals surface area contributed by atoms with Gasteiger partial charge in [0.15, 0.2) is 5.82 Å². The first kappa shape index (κ1) is 13.7. The van der Waals surface area contributed by atoms with Crippen LogP contribution in [0.4, 0.5) is 0 Å². The van der Waals surface area contributed by atoms with Crippen molar-refractivity contribution in [1.29, 1.82) is 0 Å². The average Bonchev–Trinajstić information content (AvgIpc) is 3.01. The molecule has 0 bridgehead atoms. The van der Waals surface area contributed by atoms with E-state index in [-0.39, 0.29) is 5.56 Å². The number of allylic oxidation sites excluding steroid dienone is 1. The van der Waals surface area contributed by atoms with Crippen molar-refractivity contribution in [1.82, 2.24) is 14.6 Å². The summed E-state index contributed by atoms with van der Waals surface area (Å²) in [6, 6.07) is 9.98. The van der Waals surface area contributed by atoms with Crippen LogP contribution in [-0.4, -0.2) is 14.6 Å². The highest BCUT2D eigenvalue weighted by atomic mass is 32.1. The monoisotopic (exact) mass is 297 g/mol. The third-order valence-corrected chi connectivity index (χ3v) is 4.01. The predicted molar refractivity (Wildman–Crippen MR) is 86.3 cm³/mol. The first-order chi connectivity index (χ1) is 10.3. The van der Waals surface area contributed by atoms with Crippen molar-refractivity contribution in [3.8, 4) is 0 Å². The van der Waals surface area contributed by atoms with Gasteiger partial charge in [0.2, 0.25) is 4.96 Å². The standard InChI is InChI=1S/C16H15N3OS/c1-2-7-14-17-16-19(18-14)15(20)13(21-16)11-6-10-12-8-4-3-5-9-12/h3-6,8-11H,2,7H2,1H3/b10-6+,13-11-. The zero-order chi connectivity index (χ0) is 14.7. The van der Waals surface area contributed by atoms with E-state index >= 15 is 0 Å². The maximum atomic E-state index is 12.2. The van der Waals surface area contributed by atoms with Gasteiger partial charge in [-0.3, -0.25) is 4.79 Å². The minimum absolute atomic E-state index is 0.0948. The van der Waals surface area contributed by atoms with Crippen LogP contribution in [0.3, 0.4) is 0 Å². The lowest BCUT2D eigenvalue weighted by atomic mass is 10.2. The summed E-state index contributed by atoms with van der Waals surface area (Å²) in [7, 11) is 0. The third-order valence-electron chi connectivity index (χ3n) is 3.04. The van der Waals surface area contributed by atoms with Crippen LogP contribution in [0.2, 0.25) is 0 Å². The van der Waals surface area contributed by atoms with Crippen molar-refractivity contribution in [2.45, 2.75) is 19.8 Å². The van der Waals surface area contributed by atoms with Crippen LogP contribution in [0, 0.1) is 0 Å². The molecule has 1 aromatic carbocycles. The highest BCUT2D eigenvalue weighted by Gasteiger charge is 2.08. The van der Waals surface area contributed by atoms with Gasteiger partial charge in [0.25, 0.3) is 5.56 Å². The molecule has 3 rings (SSSR count). The second kappa shape index (κ2) is 6.01. The van der Waals surface area contributed by atoms with E-state index in [1.54, 1.807) is 0 Å². The van der Waals surface area contributed by atoms with Gasteiger partial charge >= 0.3 is 0 Å². The van der Waals surface area contributed by atoms with Crippen LogP contribution in [0.25, 0.3) is 17.1 Å². The molecule has 4 nitrogen and oxygen atoms in total. The zero-order valence-corrected chi connectivity index (χ0v) is 12.5.